The Kier molecular flexibility index (Phi) is 3.85. The number of hydrogen-bond acceptors (Lipinski definition) is 7. The molecule has 1 aliphatic heterocycles. The minimum atomic E-state index is -4.46. The molecule has 0 spiro atoms. The van der Waals surface area contributed by atoms with E-state index in [1.807, 2.05) is 0 Å². The fraction of sp³-hybridized carbons (Fsp3) is 0.0667. The summed E-state index contributed by atoms with van der Waals surface area (Å²) < 4.78 is 29.2. The average molecular weight is 362 g/mol. The van der Waals surface area contributed by atoms with Gasteiger partial charge in [0.25, 0.3) is 17.5 Å². The topological polar surface area (TPSA) is 124 Å². The lowest BCUT2D eigenvalue weighted by Crippen LogP contribution is -2.32. The van der Waals surface area contributed by atoms with E-state index in [9.17, 15) is 28.1 Å². The Morgan fingerprint density at radius 2 is 1.68 bits per heavy atom. The van der Waals surface area contributed by atoms with Gasteiger partial charge >= 0.3 is 10.1 Å². The van der Waals surface area contributed by atoms with Crippen LogP contribution in [0, 0.1) is 17.0 Å². The first-order valence-electron chi connectivity index (χ1n) is 6.90. The number of fused-ring (bicyclic) bond motifs is 1. The molecule has 2 amide bonds. The standard InChI is InChI=1S/C15H10N2O7S/c1-9-5-7-10(8-6-9)25(22,23)24-16-14(18)11-3-2-4-12(17(20)21)13(11)15(16)19/h2-8H,1H3. The molecule has 0 aromatic heterocycles. The van der Waals surface area contributed by atoms with Crippen molar-refractivity contribution in [2.24, 2.45) is 0 Å². The van der Waals surface area contributed by atoms with Crippen molar-refractivity contribution in [2.75, 3.05) is 0 Å². The van der Waals surface area contributed by atoms with E-state index in [2.05, 4.69) is 4.28 Å². The zero-order valence-electron chi connectivity index (χ0n) is 12.7. The molecule has 0 saturated carbocycles. The zero-order valence-corrected chi connectivity index (χ0v) is 13.5. The third-order valence-electron chi connectivity index (χ3n) is 3.53. The molecule has 2 aromatic rings. The van der Waals surface area contributed by atoms with Crippen molar-refractivity contribution >= 4 is 27.6 Å². The molecule has 1 heterocycles. The zero-order chi connectivity index (χ0) is 18.4. The van der Waals surface area contributed by atoms with Crippen LogP contribution in [-0.2, 0) is 14.4 Å². The number of rotatable bonds is 4. The van der Waals surface area contributed by atoms with Crippen LogP contribution in [0.2, 0.25) is 0 Å². The summed E-state index contributed by atoms with van der Waals surface area (Å²) in [5.41, 5.74) is -0.597. The molecule has 2 aromatic carbocycles. The molecule has 3 rings (SSSR count). The van der Waals surface area contributed by atoms with Gasteiger partial charge in [-0.2, -0.15) is 8.42 Å². The number of carbonyl (C=O) groups excluding carboxylic acids is 2. The highest BCUT2D eigenvalue weighted by Crippen LogP contribution is 2.32. The second kappa shape index (κ2) is 5.76. The summed E-state index contributed by atoms with van der Waals surface area (Å²) in [5.74, 6) is -2.29. The predicted octanol–water partition coefficient (Wildman–Crippen LogP) is 1.82. The van der Waals surface area contributed by atoms with Gasteiger partial charge in [-0.05, 0) is 25.1 Å². The Labute approximate surface area is 141 Å². The van der Waals surface area contributed by atoms with Crippen LogP contribution < -0.4 is 0 Å². The lowest BCUT2D eigenvalue weighted by Gasteiger charge is -2.12. The Morgan fingerprint density at radius 1 is 1.04 bits per heavy atom. The molecule has 0 unspecified atom stereocenters. The predicted molar refractivity (Wildman–Crippen MR) is 83.0 cm³/mol. The molecule has 128 valence electrons. The summed E-state index contributed by atoms with van der Waals surface area (Å²) in [6.07, 6.45) is 0. The Hall–Kier alpha value is -3.11. The number of benzene rings is 2. The van der Waals surface area contributed by atoms with E-state index in [0.717, 1.165) is 11.6 Å². The average Bonchev–Trinajstić information content (AvgIpc) is 2.80. The van der Waals surface area contributed by atoms with Crippen molar-refractivity contribution in [3.05, 3.63) is 69.3 Å². The van der Waals surface area contributed by atoms with Crippen LogP contribution >= 0.6 is 0 Å². The van der Waals surface area contributed by atoms with Gasteiger partial charge in [0.15, 0.2) is 0 Å². The number of hydroxylamine groups is 2. The van der Waals surface area contributed by atoms with Crippen molar-refractivity contribution in [2.45, 2.75) is 11.8 Å². The van der Waals surface area contributed by atoms with Gasteiger partial charge in [0.05, 0.1) is 15.4 Å². The van der Waals surface area contributed by atoms with Crippen molar-refractivity contribution in [1.29, 1.82) is 0 Å². The first-order chi connectivity index (χ1) is 11.7. The summed E-state index contributed by atoms with van der Waals surface area (Å²) in [6.45, 7) is 1.75. The quantitative estimate of drug-likeness (QED) is 0.461. The van der Waals surface area contributed by atoms with Crippen LogP contribution in [0.25, 0.3) is 0 Å². The van der Waals surface area contributed by atoms with Crippen LogP contribution in [0.1, 0.15) is 26.3 Å². The van der Waals surface area contributed by atoms with Gasteiger partial charge in [0, 0.05) is 6.07 Å². The lowest BCUT2D eigenvalue weighted by atomic mass is 10.1. The molecule has 0 fully saturated rings. The van der Waals surface area contributed by atoms with Crippen molar-refractivity contribution in [3.8, 4) is 0 Å². The summed E-state index contributed by atoms with van der Waals surface area (Å²) in [4.78, 5) is 34.5. The van der Waals surface area contributed by atoms with Crippen molar-refractivity contribution < 1.29 is 27.2 Å². The normalized spacial score (nSPS) is 13.9. The first kappa shape index (κ1) is 16.7. The molecule has 1 aliphatic rings. The van der Waals surface area contributed by atoms with Gasteiger partial charge in [-0.1, -0.05) is 23.8 Å². The highest BCUT2D eigenvalue weighted by Gasteiger charge is 2.44. The molecule has 25 heavy (non-hydrogen) atoms. The molecule has 10 heteroatoms. The van der Waals surface area contributed by atoms with E-state index in [0.29, 0.717) is 0 Å². The first-order valence-corrected chi connectivity index (χ1v) is 8.30. The van der Waals surface area contributed by atoms with Crippen LogP contribution in [0.15, 0.2) is 47.4 Å². The van der Waals surface area contributed by atoms with E-state index in [4.69, 9.17) is 0 Å². The van der Waals surface area contributed by atoms with Gasteiger partial charge in [0.1, 0.15) is 5.56 Å². The fourth-order valence-electron chi connectivity index (χ4n) is 2.31. The number of nitro benzene ring substituents is 1. The number of hydrogen-bond donors (Lipinski definition) is 0. The highest BCUT2D eigenvalue weighted by atomic mass is 32.2. The molecular weight excluding hydrogens is 352 g/mol. The Morgan fingerprint density at radius 3 is 2.28 bits per heavy atom. The molecule has 0 bridgehead atoms. The van der Waals surface area contributed by atoms with E-state index in [1.54, 1.807) is 6.92 Å². The Bertz CT molecular complexity index is 1010. The number of amides is 2. The lowest BCUT2D eigenvalue weighted by molar-refractivity contribution is -0.385. The highest BCUT2D eigenvalue weighted by molar-refractivity contribution is 7.86. The molecular formula is C15H10N2O7S. The second-order valence-corrected chi connectivity index (χ2v) is 6.73. The summed E-state index contributed by atoms with van der Waals surface area (Å²) in [5, 5.41) is 11.0. The summed E-state index contributed by atoms with van der Waals surface area (Å²) in [6, 6.07) is 9.00. The minimum Gasteiger partial charge on any atom is -0.266 e. The molecule has 0 radical (unpaired) electrons. The SMILES string of the molecule is Cc1ccc(S(=O)(=O)ON2C(=O)c3cccc([N+](=O)[O-])c3C2=O)cc1. The number of nitro groups is 1. The molecule has 0 N–H and O–H groups in total. The second-order valence-electron chi connectivity index (χ2n) is 5.20. The van der Waals surface area contributed by atoms with Gasteiger partial charge in [-0.15, -0.1) is 9.35 Å². The van der Waals surface area contributed by atoms with Crippen LogP contribution in [-0.4, -0.2) is 30.2 Å². The minimum absolute atomic E-state index is 0.0207. The molecule has 9 nitrogen and oxygen atoms in total. The van der Waals surface area contributed by atoms with Crippen LogP contribution in [0.4, 0.5) is 5.69 Å². The van der Waals surface area contributed by atoms with Crippen molar-refractivity contribution in [1.82, 2.24) is 5.06 Å². The van der Waals surface area contributed by atoms with Crippen LogP contribution in [0.3, 0.4) is 0 Å². The maximum atomic E-state index is 12.3. The Balaban J connectivity index is 1.99. The smallest absolute Gasteiger partial charge is 0.266 e. The molecule has 0 atom stereocenters. The van der Waals surface area contributed by atoms with Gasteiger partial charge in [0.2, 0.25) is 0 Å². The maximum Gasteiger partial charge on any atom is 0.318 e. The molecule has 0 aliphatic carbocycles. The van der Waals surface area contributed by atoms with Gasteiger partial charge in [-0.3, -0.25) is 19.7 Å². The van der Waals surface area contributed by atoms with E-state index >= 15 is 0 Å². The maximum absolute atomic E-state index is 12.3. The van der Waals surface area contributed by atoms with Gasteiger partial charge in [-0.25, -0.2) is 0 Å². The number of imide groups is 1. The van der Waals surface area contributed by atoms with Gasteiger partial charge < -0.3 is 0 Å². The number of aryl methyl sites for hydroxylation is 1. The number of carbonyl (C=O) groups is 2. The third kappa shape index (κ3) is 2.77. The summed E-state index contributed by atoms with van der Waals surface area (Å²) in [7, 11) is -4.46. The van der Waals surface area contributed by atoms with E-state index < -0.39 is 38.1 Å². The monoisotopic (exact) mass is 362 g/mol. The van der Waals surface area contributed by atoms with Crippen molar-refractivity contribution in [3.63, 3.8) is 0 Å². The largest absolute Gasteiger partial charge is 0.318 e. The van der Waals surface area contributed by atoms with Crippen LogP contribution in [0.5, 0.6) is 0 Å². The van der Waals surface area contributed by atoms with E-state index in [-0.39, 0.29) is 15.5 Å². The molecule has 0 saturated heterocycles. The fourth-order valence-corrected chi connectivity index (χ4v) is 3.20. The number of nitrogens with zero attached hydrogens (tertiary/aromatic N) is 2. The third-order valence-corrected chi connectivity index (χ3v) is 4.73. The summed E-state index contributed by atoms with van der Waals surface area (Å²) >= 11 is 0. The van der Waals surface area contributed by atoms with E-state index in [1.165, 1.54) is 36.4 Å².